The third-order valence-electron chi connectivity index (χ3n) is 4.53. The molecule has 0 atom stereocenters. The lowest BCUT2D eigenvalue weighted by Gasteiger charge is -2.11. The predicted molar refractivity (Wildman–Crippen MR) is 121 cm³/mol. The summed E-state index contributed by atoms with van der Waals surface area (Å²) in [6.07, 6.45) is 3.53. The summed E-state index contributed by atoms with van der Waals surface area (Å²) in [7, 11) is 1.58. The lowest BCUT2D eigenvalue weighted by Crippen LogP contribution is -2.12. The van der Waals surface area contributed by atoms with E-state index in [1.54, 1.807) is 43.8 Å². The van der Waals surface area contributed by atoms with Gasteiger partial charge in [-0.1, -0.05) is 12.1 Å². The molecule has 0 bridgehead atoms. The van der Waals surface area contributed by atoms with Crippen LogP contribution < -0.4 is 15.4 Å². The molecule has 0 fully saturated rings. The number of thiazole rings is 1. The van der Waals surface area contributed by atoms with E-state index in [0.29, 0.717) is 17.0 Å². The van der Waals surface area contributed by atoms with E-state index in [9.17, 15) is 4.79 Å². The Labute approximate surface area is 178 Å². The Bertz CT molecular complexity index is 1170. The van der Waals surface area contributed by atoms with Crippen molar-refractivity contribution in [3.63, 3.8) is 0 Å². The fraction of sp³-hybridized carbons (Fsp3) is 0.0870. The number of hydrogen-bond donors (Lipinski definition) is 2. The van der Waals surface area contributed by atoms with Crippen LogP contribution in [0.4, 0.5) is 16.5 Å². The molecule has 0 saturated carbocycles. The van der Waals surface area contributed by atoms with Crippen LogP contribution in [0.15, 0.2) is 72.4 Å². The maximum Gasteiger partial charge on any atom is 0.255 e. The number of nitrogens with one attached hydrogen (secondary N) is 2. The molecule has 0 aliphatic carbocycles. The number of rotatable bonds is 6. The molecule has 2 heterocycles. The first-order valence-corrected chi connectivity index (χ1v) is 10.2. The smallest absolute Gasteiger partial charge is 0.255 e. The predicted octanol–water partition coefficient (Wildman–Crippen LogP) is 5.52. The molecule has 0 aliphatic rings. The Hall–Kier alpha value is -3.71. The molecule has 2 aromatic carbocycles. The van der Waals surface area contributed by atoms with Crippen molar-refractivity contribution in [1.29, 1.82) is 0 Å². The Morgan fingerprint density at radius 1 is 1.10 bits per heavy atom. The highest BCUT2D eigenvalue weighted by atomic mass is 32.1. The van der Waals surface area contributed by atoms with Gasteiger partial charge in [0.05, 0.1) is 12.8 Å². The quantitative estimate of drug-likeness (QED) is 0.433. The number of nitrogens with zero attached hydrogens (tertiary/aromatic N) is 2. The molecular formula is C23H20N4O2S. The minimum Gasteiger partial charge on any atom is -0.497 e. The van der Waals surface area contributed by atoms with Crippen LogP contribution in [0, 0.1) is 6.92 Å². The van der Waals surface area contributed by atoms with E-state index in [4.69, 9.17) is 4.74 Å². The van der Waals surface area contributed by atoms with Crippen molar-refractivity contribution in [1.82, 2.24) is 9.97 Å². The topological polar surface area (TPSA) is 76.1 Å². The summed E-state index contributed by atoms with van der Waals surface area (Å²) in [5.41, 5.74) is 5.00. The average Bonchev–Trinajstić information content (AvgIpc) is 3.25. The average molecular weight is 417 g/mol. The number of benzene rings is 2. The van der Waals surface area contributed by atoms with Gasteiger partial charge in [0, 0.05) is 40.3 Å². The number of amides is 1. The second-order valence-corrected chi connectivity index (χ2v) is 7.48. The molecule has 6 nitrogen and oxygen atoms in total. The van der Waals surface area contributed by atoms with Crippen molar-refractivity contribution in [2.75, 3.05) is 17.7 Å². The van der Waals surface area contributed by atoms with Crippen LogP contribution in [0.25, 0.3) is 11.3 Å². The normalized spacial score (nSPS) is 10.5. The molecule has 0 unspecified atom stereocenters. The first kappa shape index (κ1) is 19.6. The maximum absolute atomic E-state index is 12.6. The van der Waals surface area contributed by atoms with Crippen LogP contribution in [0.3, 0.4) is 0 Å². The van der Waals surface area contributed by atoms with Crippen LogP contribution in [0.5, 0.6) is 5.75 Å². The molecule has 0 aliphatic heterocycles. The summed E-state index contributed by atoms with van der Waals surface area (Å²) in [5, 5.41) is 9.04. The minimum atomic E-state index is -0.197. The molecule has 1 amide bonds. The molecule has 30 heavy (non-hydrogen) atoms. The van der Waals surface area contributed by atoms with Crippen molar-refractivity contribution in [2.24, 2.45) is 0 Å². The maximum atomic E-state index is 12.6. The molecular weight excluding hydrogens is 396 g/mol. The number of carbonyl (C=O) groups excluding carboxylic acids is 1. The highest BCUT2D eigenvalue weighted by Crippen LogP contribution is 2.29. The number of aromatic nitrogens is 2. The largest absolute Gasteiger partial charge is 0.497 e. The van der Waals surface area contributed by atoms with Gasteiger partial charge in [-0.05, 0) is 55.0 Å². The number of hydrogen-bond acceptors (Lipinski definition) is 6. The summed E-state index contributed by atoms with van der Waals surface area (Å²) in [6.45, 7) is 2.01. The number of methoxy groups -OCH3 is 1. The van der Waals surface area contributed by atoms with Gasteiger partial charge in [-0.2, -0.15) is 0 Å². The van der Waals surface area contributed by atoms with Crippen molar-refractivity contribution in [2.45, 2.75) is 6.92 Å². The highest BCUT2D eigenvalue weighted by Gasteiger charge is 2.10. The third-order valence-corrected chi connectivity index (χ3v) is 5.29. The highest BCUT2D eigenvalue weighted by molar-refractivity contribution is 7.14. The summed E-state index contributed by atoms with van der Waals surface area (Å²) >= 11 is 1.52. The minimum absolute atomic E-state index is 0.197. The number of carbonyl (C=O) groups is 1. The summed E-state index contributed by atoms with van der Waals surface area (Å²) in [5.74, 6) is 0.443. The van der Waals surface area contributed by atoms with Crippen molar-refractivity contribution in [3.8, 4) is 17.0 Å². The van der Waals surface area contributed by atoms with Gasteiger partial charge < -0.3 is 15.4 Å². The van der Waals surface area contributed by atoms with Crippen molar-refractivity contribution in [3.05, 3.63) is 83.5 Å². The zero-order valence-corrected chi connectivity index (χ0v) is 17.4. The molecule has 0 radical (unpaired) electrons. The fourth-order valence-electron chi connectivity index (χ4n) is 2.90. The van der Waals surface area contributed by atoms with Crippen LogP contribution in [0.2, 0.25) is 0 Å². The molecule has 2 aromatic heterocycles. The standard InChI is InChI=1S/C23H20N4O2S/c1-15-8-9-18(25-22(28)16-5-3-7-19(11-16)29-2)12-20(15)26-23-27-21(14-30-23)17-6-4-10-24-13-17/h3-14H,1-2H3,(H,25,28)(H,26,27). The Balaban J connectivity index is 1.51. The Kier molecular flexibility index (Phi) is 5.72. The van der Waals surface area contributed by atoms with Crippen molar-refractivity contribution < 1.29 is 9.53 Å². The van der Waals surface area contributed by atoms with Crippen LogP contribution in [0.1, 0.15) is 15.9 Å². The lowest BCUT2D eigenvalue weighted by atomic mass is 10.1. The van der Waals surface area contributed by atoms with Gasteiger partial charge in [0.15, 0.2) is 5.13 Å². The Morgan fingerprint density at radius 3 is 2.80 bits per heavy atom. The SMILES string of the molecule is COc1cccc(C(=O)Nc2ccc(C)c(Nc3nc(-c4cccnc4)cs3)c2)c1. The zero-order valence-electron chi connectivity index (χ0n) is 16.5. The first-order chi connectivity index (χ1) is 14.6. The second kappa shape index (κ2) is 8.75. The molecule has 4 rings (SSSR count). The number of pyridine rings is 1. The fourth-order valence-corrected chi connectivity index (χ4v) is 3.63. The summed E-state index contributed by atoms with van der Waals surface area (Å²) < 4.78 is 5.19. The number of anilines is 3. The van der Waals surface area contributed by atoms with Crippen molar-refractivity contribution >= 4 is 33.8 Å². The third kappa shape index (κ3) is 4.47. The van der Waals surface area contributed by atoms with Gasteiger partial charge in [-0.3, -0.25) is 9.78 Å². The van der Waals surface area contributed by atoms with Crippen LogP contribution >= 0.6 is 11.3 Å². The molecule has 7 heteroatoms. The van der Waals surface area contributed by atoms with Gasteiger partial charge in [0.2, 0.25) is 0 Å². The van der Waals surface area contributed by atoms with Gasteiger partial charge in [-0.15, -0.1) is 11.3 Å². The van der Waals surface area contributed by atoms with Gasteiger partial charge >= 0.3 is 0 Å². The van der Waals surface area contributed by atoms with Gasteiger partial charge in [0.25, 0.3) is 5.91 Å². The van der Waals surface area contributed by atoms with E-state index in [-0.39, 0.29) is 5.91 Å². The molecule has 0 saturated heterocycles. The molecule has 150 valence electrons. The summed E-state index contributed by atoms with van der Waals surface area (Å²) in [4.78, 5) is 21.4. The van der Waals surface area contributed by atoms with E-state index in [2.05, 4.69) is 20.6 Å². The molecule has 2 N–H and O–H groups in total. The summed E-state index contributed by atoms with van der Waals surface area (Å²) in [6, 6.07) is 16.7. The Morgan fingerprint density at radius 2 is 2.00 bits per heavy atom. The zero-order chi connectivity index (χ0) is 20.9. The second-order valence-electron chi connectivity index (χ2n) is 6.62. The lowest BCUT2D eigenvalue weighted by molar-refractivity contribution is 0.102. The monoisotopic (exact) mass is 416 g/mol. The van der Waals surface area contributed by atoms with Crippen LogP contribution in [-0.4, -0.2) is 23.0 Å². The van der Waals surface area contributed by atoms with Crippen LogP contribution in [-0.2, 0) is 0 Å². The van der Waals surface area contributed by atoms with E-state index in [0.717, 1.165) is 27.6 Å². The number of ether oxygens (including phenoxy) is 1. The van der Waals surface area contributed by atoms with E-state index in [1.165, 1.54) is 11.3 Å². The molecule has 0 spiro atoms. The van der Waals surface area contributed by atoms with E-state index in [1.807, 2.05) is 42.6 Å². The molecule has 4 aromatic rings. The number of aryl methyl sites for hydroxylation is 1. The van der Waals surface area contributed by atoms with E-state index >= 15 is 0 Å². The van der Waals surface area contributed by atoms with E-state index < -0.39 is 0 Å². The first-order valence-electron chi connectivity index (χ1n) is 9.31. The van der Waals surface area contributed by atoms with Gasteiger partial charge in [0.1, 0.15) is 5.75 Å². The van der Waals surface area contributed by atoms with Gasteiger partial charge in [-0.25, -0.2) is 4.98 Å².